The molecule has 0 atom stereocenters. The average Bonchev–Trinajstić information content (AvgIpc) is 2.31. The van der Waals surface area contributed by atoms with Crippen LogP contribution < -0.4 is 5.32 Å². The summed E-state index contributed by atoms with van der Waals surface area (Å²) in [4.78, 5) is 6.36. The van der Waals surface area contributed by atoms with E-state index >= 15 is 0 Å². The van der Waals surface area contributed by atoms with Crippen LogP contribution in [0.2, 0.25) is 0 Å². The number of nitrogens with one attached hydrogen (secondary N) is 1. The van der Waals surface area contributed by atoms with Crippen molar-refractivity contribution >= 4 is 6.72 Å². The second-order valence-corrected chi connectivity index (χ2v) is 3.76. The van der Waals surface area contributed by atoms with E-state index in [4.69, 9.17) is 0 Å². The van der Waals surface area contributed by atoms with E-state index in [-0.39, 0.29) is 0 Å². The van der Waals surface area contributed by atoms with E-state index in [1.807, 2.05) is 32.2 Å². The van der Waals surface area contributed by atoms with Gasteiger partial charge in [-0.15, -0.1) is 0 Å². The van der Waals surface area contributed by atoms with Gasteiger partial charge in [-0.1, -0.05) is 12.2 Å². The molecule has 1 N–H and O–H groups in total. The highest BCUT2D eigenvalue weighted by Gasteiger charge is 2.18. The molecule has 1 heterocycles. The summed E-state index contributed by atoms with van der Waals surface area (Å²) >= 11 is 0. The molecule has 0 aromatic carbocycles. The molecule has 0 saturated carbocycles. The third-order valence-electron chi connectivity index (χ3n) is 2.83. The number of hydrogen-bond donors (Lipinski definition) is 1. The van der Waals surface area contributed by atoms with Crippen molar-refractivity contribution in [3.05, 3.63) is 24.0 Å². The molecule has 0 radical (unpaired) electrons. The van der Waals surface area contributed by atoms with Gasteiger partial charge in [0.15, 0.2) is 0 Å². The zero-order chi connectivity index (χ0) is 11.1. The number of rotatable bonds is 4. The van der Waals surface area contributed by atoms with Gasteiger partial charge in [0.2, 0.25) is 0 Å². The second kappa shape index (κ2) is 6.40. The molecule has 0 unspecified atom stereocenters. The maximum atomic E-state index is 4.07. The Morgan fingerprint density at radius 2 is 2.13 bits per heavy atom. The number of aliphatic imine (C=N–C) groups is 1. The van der Waals surface area contributed by atoms with E-state index in [1.54, 1.807) is 0 Å². The predicted octanol–water partition coefficient (Wildman–Crippen LogP) is 1.79. The van der Waals surface area contributed by atoms with Crippen molar-refractivity contribution in [3.8, 4) is 0 Å². The molecule has 0 spiro atoms. The fourth-order valence-corrected chi connectivity index (χ4v) is 1.84. The van der Waals surface area contributed by atoms with Crippen LogP contribution in [0.1, 0.15) is 19.8 Å². The zero-order valence-corrected chi connectivity index (χ0v) is 9.74. The second-order valence-electron chi connectivity index (χ2n) is 3.76. The largest absolute Gasteiger partial charge is 0.357 e. The van der Waals surface area contributed by atoms with Gasteiger partial charge in [0.1, 0.15) is 5.82 Å². The first-order valence-electron chi connectivity index (χ1n) is 5.53. The Kier molecular flexibility index (Phi) is 5.12. The summed E-state index contributed by atoms with van der Waals surface area (Å²) in [6.07, 6.45) is 8.39. The molecule has 0 aromatic rings. The van der Waals surface area contributed by atoms with E-state index in [0.29, 0.717) is 6.04 Å². The number of piperidine rings is 1. The number of likely N-dealkylation sites (tertiary alicyclic amines) is 1. The summed E-state index contributed by atoms with van der Waals surface area (Å²) in [7, 11) is 2.03. The lowest BCUT2D eigenvalue weighted by molar-refractivity contribution is 0.246. The Morgan fingerprint density at radius 1 is 1.47 bits per heavy atom. The van der Waals surface area contributed by atoms with Crippen LogP contribution in [-0.4, -0.2) is 37.8 Å². The Labute approximate surface area is 92.6 Å². The van der Waals surface area contributed by atoms with Gasteiger partial charge in [0.05, 0.1) is 0 Å². The molecule has 0 aliphatic carbocycles. The van der Waals surface area contributed by atoms with E-state index in [0.717, 1.165) is 18.9 Å². The first-order chi connectivity index (χ1) is 7.31. The lowest BCUT2D eigenvalue weighted by Gasteiger charge is -2.33. The molecule has 1 saturated heterocycles. The van der Waals surface area contributed by atoms with Gasteiger partial charge < -0.3 is 10.2 Å². The standard InChI is InChI=1S/C12H21N3/c1-4-5-6-12(14-3)15-9-7-11(13-2)8-10-15/h4-6,11,13H,3,7-10H2,1-2H3/b5-4-,12-6+. The molecule has 3 heteroatoms. The molecule has 1 aliphatic heterocycles. The molecule has 0 amide bonds. The SMILES string of the molecule is C=N/C(=C\C=C/C)N1CCC(NC)CC1. The van der Waals surface area contributed by atoms with Crippen LogP contribution in [0.25, 0.3) is 0 Å². The number of nitrogens with zero attached hydrogens (tertiary/aromatic N) is 2. The smallest absolute Gasteiger partial charge is 0.127 e. The van der Waals surface area contributed by atoms with Crippen molar-refractivity contribution in [3.63, 3.8) is 0 Å². The van der Waals surface area contributed by atoms with Gasteiger partial charge in [0, 0.05) is 19.1 Å². The highest BCUT2D eigenvalue weighted by atomic mass is 15.2. The van der Waals surface area contributed by atoms with Crippen molar-refractivity contribution in [1.82, 2.24) is 10.2 Å². The van der Waals surface area contributed by atoms with Crippen molar-refractivity contribution in [2.75, 3.05) is 20.1 Å². The zero-order valence-electron chi connectivity index (χ0n) is 9.74. The van der Waals surface area contributed by atoms with Crippen LogP contribution in [-0.2, 0) is 0 Å². The van der Waals surface area contributed by atoms with Crippen LogP contribution in [0, 0.1) is 0 Å². The summed E-state index contributed by atoms with van der Waals surface area (Å²) in [6.45, 7) is 7.75. The molecule has 1 aliphatic rings. The van der Waals surface area contributed by atoms with Crippen LogP contribution in [0.4, 0.5) is 0 Å². The predicted molar refractivity (Wildman–Crippen MR) is 66.1 cm³/mol. The van der Waals surface area contributed by atoms with Gasteiger partial charge in [0.25, 0.3) is 0 Å². The first kappa shape index (κ1) is 12.0. The highest BCUT2D eigenvalue weighted by Crippen LogP contribution is 2.15. The maximum Gasteiger partial charge on any atom is 0.127 e. The lowest BCUT2D eigenvalue weighted by atomic mass is 10.1. The molecule has 15 heavy (non-hydrogen) atoms. The van der Waals surface area contributed by atoms with Crippen LogP contribution in [0.15, 0.2) is 29.0 Å². The monoisotopic (exact) mass is 207 g/mol. The molecule has 0 aromatic heterocycles. The number of hydrogen-bond acceptors (Lipinski definition) is 3. The summed E-state index contributed by atoms with van der Waals surface area (Å²) < 4.78 is 0. The van der Waals surface area contributed by atoms with Crippen LogP contribution in [0.3, 0.4) is 0 Å². The fraction of sp³-hybridized carbons (Fsp3) is 0.583. The number of allylic oxidation sites excluding steroid dienone is 3. The summed E-state index contributed by atoms with van der Waals surface area (Å²) in [5, 5.41) is 3.32. The first-order valence-corrected chi connectivity index (χ1v) is 5.53. The minimum Gasteiger partial charge on any atom is -0.357 e. The van der Waals surface area contributed by atoms with Crippen molar-refractivity contribution < 1.29 is 0 Å². The average molecular weight is 207 g/mol. The molecular formula is C12H21N3. The van der Waals surface area contributed by atoms with Gasteiger partial charge in [-0.05, 0) is 39.6 Å². The maximum absolute atomic E-state index is 4.07. The molecule has 1 fully saturated rings. The van der Waals surface area contributed by atoms with Crippen LogP contribution in [0.5, 0.6) is 0 Å². The Bertz CT molecular complexity index is 248. The normalized spacial score (nSPS) is 19.9. The molecule has 3 nitrogen and oxygen atoms in total. The minimum atomic E-state index is 0.661. The van der Waals surface area contributed by atoms with Crippen LogP contribution >= 0.6 is 0 Å². The molecule has 0 bridgehead atoms. The van der Waals surface area contributed by atoms with Gasteiger partial charge in [-0.25, -0.2) is 4.99 Å². The Morgan fingerprint density at radius 3 is 2.60 bits per heavy atom. The lowest BCUT2D eigenvalue weighted by Crippen LogP contribution is -2.40. The van der Waals surface area contributed by atoms with E-state index in [2.05, 4.69) is 21.9 Å². The fourth-order valence-electron chi connectivity index (χ4n) is 1.84. The van der Waals surface area contributed by atoms with Crippen molar-refractivity contribution in [2.24, 2.45) is 4.99 Å². The van der Waals surface area contributed by atoms with E-state index in [1.165, 1.54) is 12.8 Å². The van der Waals surface area contributed by atoms with Gasteiger partial charge in [-0.2, -0.15) is 0 Å². The third kappa shape index (κ3) is 3.51. The molecule has 84 valence electrons. The minimum absolute atomic E-state index is 0.661. The Hall–Kier alpha value is -1.09. The highest BCUT2D eigenvalue weighted by molar-refractivity contribution is 5.29. The Balaban J connectivity index is 2.53. The summed E-state index contributed by atoms with van der Waals surface area (Å²) in [6, 6.07) is 0.661. The van der Waals surface area contributed by atoms with Crippen molar-refractivity contribution in [2.45, 2.75) is 25.8 Å². The summed E-state index contributed by atoms with van der Waals surface area (Å²) in [5.41, 5.74) is 0. The van der Waals surface area contributed by atoms with Gasteiger partial charge in [-0.3, -0.25) is 0 Å². The summed E-state index contributed by atoms with van der Waals surface area (Å²) in [5.74, 6) is 0.989. The molecular weight excluding hydrogens is 186 g/mol. The molecule has 1 rings (SSSR count). The van der Waals surface area contributed by atoms with E-state index < -0.39 is 0 Å². The van der Waals surface area contributed by atoms with E-state index in [9.17, 15) is 0 Å². The topological polar surface area (TPSA) is 27.6 Å². The quantitative estimate of drug-likeness (QED) is 0.562. The third-order valence-corrected chi connectivity index (χ3v) is 2.83. The van der Waals surface area contributed by atoms with Gasteiger partial charge >= 0.3 is 0 Å². The van der Waals surface area contributed by atoms with Crippen molar-refractivity contribution in [1.29, 1.82) is 0 Å².